The minimum absolute atomic E-state index is 0.314. The van der Waals surface area contributed by atoms with Crippen molar-refractivity contribution in [1.29, 1.82) is 0 Å². The maximum absolute atomic E-state index is 6.24. The van der Waals surface area contributed by atoms with Crippen LogP contribution in [0.2, 0.25) is 0 Å². The molecule has 0 spiro atoms. The van der Waals surface area contributed by atoms with Gasteiger partial charge in [0, 0.05) is 56.0 Å². The van der Waals surface area contributed by atoms with Gasteiger partial charge in [0.05, 0.1) is 11.6 Å². The van der Waals surface area contributed by atoms with Crippen LogP contribution in [0.25, 0.3) is 28.3 Å². The molecule has 0 atom stereocenters. The molecule has 4 aromatic heterocycles. The highest BCUT2D eigenvalue weighted by Gasteiger charge is 2.19. The first-order valence-electron chi connectivity index (χ1n) is 11.4. The fraction of sp³-hybridized carbons (Fsp3) is 0.292. The Morgan fingerprint density at radius 2 is 1.88 bits per heavy atom. The lowest BCUT2D eigenvalue weighted by Gasteiger charge is -2.36. The molecule has 0 bridgehead atoms. The van der Waals surface area contributed by atoms with E-state index in [4.69, 9.17) is 10.2 Å². The quantitative estimate of drug-likeness (QED) is 0.374. The van der Waals surface area contributed by atoms with Crippen LogP contribution < -0.4 is 10.6 Å². The summed E-state index contributed by atoms with van der Waals surface area (Å²) >= 11 is 1.79. The number of anilines is 2. The summed E-state index contributed by atoms with van der Waals surface area (Å²) in [4.78, 5) is 15.6. The van der Waals surface area contributed by atoms with Crippen LogP contribution in [0.1, 0.15) is 0 Å². The minimum Gasteiger partial charge on any atom is -0.461 e. The van der Waals surface area contributed by atoms with Crippen molar-refractivity contribution in [3.63, 3.8) is 0 Å². The highest BCUT2D eigenvalue weighted by Crippen LogP contribution is 2.25. The number of piperazine rings is 1. The van der Waals surface area contributed by atoms with E-state index in [1.165, 1.54) is 10.6 Å². The highest BCUT2D eigenvalue weighted by atomic mass is 32.2. The summed E-state index contributed by atoms with van der Waals surface area (Å²) in [6.45, 7) is 5.95. The fourth-order valence-electron chi connectivity index (χ4n) is 4.54. The van der Waals surface area contributed by atoms with Crippen LogP contribution in [0.5, 0.6) is 0 Å². The minimum atomic E-state index is 0.314. The van der Waals surface area contributed by atoms with Crippen LogP contribution in [0.4, 0.5) is 11.6 Å². The van der Waals surface area contributed by atoms with Crippen molar-refractivity contribution in [2.45, 2.75) is 11.4 Å². The summed E-state index contributed by atoms with van der Waals surface area (Å²) in [6, 6.07) is 14.5. The SMILES string of the molecule is CSc1cccc(N2CCN(CCn3ccc4c3nc(N)n3nc(-c5ccco5)nc43)CC2)c1. The molecule has 5 aromatic rings. The molecule has 0 unspecified atom stereocenters. The van der Waals surface area contributed by atoms with E-state index >= 15 is 0 Å². The number of thioether (sulfide) groups is 1. The first-order chi connectivity index (χ1) is 16.7. The monoisotopic (exact) mass is 474 g/mol. The van der Waals surface area contributed by atoms with E-state index in [1.807, 2.05) is 18.2 Å². The Hall–Kier alpha value is -3.50. The van der Waals surface area contributed by atoms with Gasteiger partial charge in [-0.3, -0.25) is 4.90 Å². The number of fused-ring (bicyclic) bond motifs is 3. The number of furan rings is 1. The Kier molecular flexibility index (Phi) is 5.39. The molecule has 1 aliphatic rings. The van der Waals surface area contributed by atoms with Gasteiger partial charge >= 0.3 is 0 Å². The number of nitrogen functional groups attached to an aromatic ring is 1. The summed E-state index contributed by atoms with van der Waals surface area (Å²) in [7, 11) is 0. The molecule has 2 N–H and O–H groups in total. The average Bonchev–Trinajstić information content (AvgIpc) is 3.63. The van der Waals surface area contributed by atoms with Gasteiger partial charge in [0.2, 0.25) is 11.8 Å². The summed E-state index contributed by atoms with van der Waals surface area (Å²) in [6.07, 6.45) is 5.79. The van der Waals surface area contributed by atoms with Crippen molar-refractivity contribution in [3.8, 4) is 11.6 Å². The fourth-order valence-corrected chi connectivity index (χ4v) is 5.00. The third-order valence-corrected chi connectivity index (χ3v) is 7.13. The van der Waals surface area contributed by atoms with Gasteiger partial charge in [-0.2, -0.15) is 9.50 Å². The molecule has 6 rings (SSSR count). The standard InChI is InChI=1S/C24H26N8OS/c1-34-18-5-2-4-17(16-18)30-12-9-29(10-13-30)11-14-31-8-7-19-22(31)27-24(25)32-23(19)26-21(28-32)20-6-3-15-33-20/h2-8,15-16H,9-14H2,1H3,(H2,25,27). The number of nitrogens with two attached hydrogens (primary N) is 1. The lowest BCUT2D eigenvalue weighted by atomic mass is 10.2. The average molecular weight is 475 g/mol. The Morgan fingerprint density at radius 3 is 2.68 bits per heavy atom. The van der Waals surface area contributed by atoms with Gasteiger partial charge < -0.3 is 19.6 Å². The van der Waals surface area contributed by atoms with Crippen LogP contribution in [-0.2, 0) is 6.54 Å². The maximum atomic E-state index is 6.24. The van der Waals surface area contributed by atoms with E-state index in [1.54, 1.807) is 22.5 Å². The van der Waals surface area contributed by atoms with Gasteiger partial charge in [-0.25, -0.2) is 4.98 Å². The third-order valence-electron chi connectivity index (χ3n) is 6.41. The first kappa shape index (κ1) is 21.1. The van der Waals surface area contributed by atoms with Crippen molar-refractivity contribution in [2.75, 3.05) is 49.6 Å². The van der Waals surface area contributed by atoms with Crippen molar-refractivity contribution < 1.29 is 4.42 Å². The number of aromatic nitrogens is 5. The molecule has 1 aliphatic heterocycles. The predicted octanol–water partition coefficient (Wildman–Crippen LogP) is 3.47. The Morgan fingerprint density at radius 1 is 1.00 bits per heavy atom. The maximum Gasteiger partial charge on any atom is 0.225 e. The largest absolute Gasteiger partial charge is 0.461 e. The van der Waals surface area contributed by atoms with Gasteiger partial charge in [0.25, 0.3) is 0 Å². The molecule has 9 nitrogen and oxygen atoms in total. The molecule has 0 radical (unpaired) electrons. The molecule has 0 amide bonds. The van der Waals surface area contributed by atoms with Crippen LogP contribution in [0.3, 0.4) is 0 Å². The topological polar surface area (TPSA) is 93.7 Å². The van der Waals surface area contributed by atoms with Crippen molar-refractivity contribution in [3.05, 3.63) is 54.9 Å². The summed E-state index contributed by atoms with van der Waals surface area (Å²) in [5.41, 5.74) is 9.07. The van der Waals surface area contributed by atoms with Gasteiger partial charge in [0.15, 0.2) is 11.4 Å². The molecule has 5 heterocycles. The summed E-state index contributed by atoms with van der Waals surface area (Å²) < 4.78 is 9.18. The molecule has 10 heteroatoms. The van der Waals surface area contributed by atoms with Gasteiger partial charge in [-0.1, -0.05) is 6.07 Å². The number of nitrogens with zero attached hydrogens (tertiary/aromatic N) is 7. The van der Waals surface area contributed by atoms with Gasteiger partial charge in [-0.15, -0.1) is 16.9 Å². The van der Waals surface area contributed by atoms with Crippen LogP contribution in [-0.4, -0.2) is 68.0 Å². The first-order valence-corrected chi connectivity index (χ1v) is 12.6. The second-order valence-electron chi connectivity index (χ2n) is 8.39. The zero-order chi connectivity index (χ0) is 23.1. The van der Waals surface area contributed by atoms with E-state index in [0.717, 1.165) is 50.3 Å². The van der Waals surface area contributed by atoms with Gasteiger partial charge in [0.1, 0.15) is 5.65 Å². The molecule has 174 valence electrons. The van der Waals surface area contributed by atoms with E-state index in [9.17, 15) is 0 Å². The Balaban J connectivity index is 1.16. The lowest BCUT2D eigenvalue weighted by Crippen LogP contribution is -2.47. The highest BCUT2D eigenvalue weighted by molar-refractivity contribution is 7.98. The molecular weight excluding hydrogens is 448 g/mol. The second kappa shape index (κ2) is 8.69. The van der Waals surface area contributed by atoms with E-state index in [0.29, 0.717) is 23.2 Å². The smallest absolute Gasteiger partial charge is 0.225 e. The lowest BCUT2D eigenvalue weighted by molar-refractivity contribution is 0.249. The van der Waals surface area contributed by atoms with Crippen molar-refractivity contribution >= 4 is 40.1 Å². The summed E-state index contributed by atoms with van der Waals surface area (Å²) in [5, 5.41) is 5.41. The Bertz CT molecular complexity index is 1430. The normalized spacial score (nSPS) is 15.0. The number of hydrogen-bond acceptors (Lipinski definition) is 8. The predicted molar refractivity (Wildman–Crippen MR) is 135 cm³/mol. The van der Waals surface area contributed by atoms with E-state index in [2.05, 4.69) is 66.2 Å². The van der Waals surface area contributed by atoms with Crippen LogP contribution >= 0.6 is 11.8 Å². The molecule has 1 fully saturated rings. The molecule has 1 aromatic carbocycles. The van der Waals surface area contributed by atoms with Crippen molar-refractivity contribution in [1.82, 2.24) is 29.0 Å². The Labute approximate surface area is 201 Å². The third kappa shape index (κ3) is 3.78. The number of hydrogen-bond donors (Lipinski definition) is 1. The van der Waals surface area contributed by atoms with Crippen LogP contribution in [0.15, 0.2) is 64.2 Å². The van der Waals surface area contributed by atoms with Crippen LogP contribution in [0, 0.1) is 0 Å². The van der Waals surface area contributed by atoms with Gasteiger partial charge in [-0.05, 0) is 42.7 Å². The van der Waals surface area contributed by atoms with Crippen molar-refractivity contribution in [2.24, 2.45) is 0 Å². The molecule has 0 saturated carbocycles. The zero-order valence-corrected chi connectivity index (χ0v) is 19.8. The second-order valence-corrected chi connectivity index (χ2v) is 9.27. The zero-order valence-electron chi connectivity index (χ0n) is 19.0. The molecule has 0 aliphatic carbocycles. The number of rotatable bonds is 6. The van der Waals surface area contributed by atoms with E-state index < -0.39 is 0 Å². The number of benzene rings is 1. The molecule has 1 saturated heterocycles. The summed E-state index contributed by atoms with van der Waals surface area (Å²) in [5.74, 6) is 1.42. The van der Waals surface area contributed by atoms with E-state index in [-0.39, 0.29) is 0 Å². The molecule has 34 heavy (non-hydrogen) atoms. The molecular formula is C24H26N8OS.